The fourth-order valence-electron chi connectivity index (χ4n) is 3.61. The van der Waals surface area contributed by atoms with Crippen LogP contribution in [0.25, 0.3) is 11.0 Å². The third kappa shape index (κ3) is 3.99. The molecule has 7 heteroatoms. The topological polar surface area (TPSA) is 65.7 Å². The normalized spacial score (nSPS) is 10.9. The first-order valence-electron chi connectivity index (χ1n) is 9.63. The van der Waals surface area contributed by atoms with E-state index in [4.69, 9.17) is 9.47 Å². The van der Waals surface area contributed by atoms with Gasteiger partial charge in [-0.1, -0.05) is 24.3 Å². The van der Waals surface area contributed by atoms with Crippen LogP contribution in [0.4, 0.5) is 0 Å². The second-order valence-electron chi connectivity index (χ2n) is 6.82. The Kier molecular flexibility index (Phi) is 6.26. The molecule has 7 nitrogen and oxygen atoms in total. The number of aromatic nitrogens is 2. The van der Waals surface area contributed by atoms with Crippen LogP contribution in [0.15, 0.2) is 47.3 Å². The van der Waals surface area contributed by atoms with Gasteiger partial charge < -0.3 is 14.4 Å². The van der Waals surface area contributed by atoms with E-state index in [1.54, 1.807) is 35.3 Å². The molecular formula is C22H27N3O4. The van der Waals surface area contributed by atoms with Crippen LogP contribution in [-0.2, 0) is 24.4 Å². The first-order chi connectivity index (χ1) is 14.0. The van der Waals surface area contributed by atoms with E-state index in [1.165, 1.54) is 0 Å². The Morgan fingerprint density at radius 2 is 1.69 bits per heavy atom. The molecule has 0 fully saturated rings. The summed E-state index contributed by atoms with van der Waals surface area (Å²) in [4.78, 5) is 27.1. The standard InChI is InChI=1S/C22H27N3O4/c1-5-24-17-10-6-7-11-18(17)25(22(24)27)14-13-20(26)23(2)15-16-9-8-12-19(28-3)21(16)29-4/h6-12H,5,13-15H2,1-4H3. The molecule has 3 aromatic rings. The highest BCUT2D eigenvalue weighted by atomic mass is 16.5. The van der Waals surface area contributed by atoms with Gasteiger partial charge in [0.25, 0.3) is 0 Å². The number of hydrogen-bond donors (Lipinski definition) is 0. The van der Waals surface area contributed by atoms with Gasteiger partial charge in [-0.25, -0.2) is 4.79 Å². The molecule has 0 N–H and O–H groups in total. The minimum atomic E-state index is -0.0846. The van der Waals surface area contributed by atoms with Crippen LogP contribution in [-0.4, -0.2) is 41.2 Å². The molecule has 0 aliphatic carbocycles. The Hall–Kier alpha value is -3.22. The van der Waals surface area contributed by atoms with E-state index in [0.29, 0.717) is 31.1 Å². The summed E-state index contributed by atoms with van der Waals surface area (Å²) >= 11 is 0. The highest BCUT2D eigenvalue weighted by molar-refractivity contribution is 5.78. The van der Waals surface area contributed by atoms with Crippen molar-refractivity contribution >= 4 is 16.9 Å². The van der Waals surface area contributed by atoms with E-state index in [2.05, 4.69) is 0 Å². The van der Waals surface area contributed by atoms with Crippen molar-refractivity contribution in [2.45, 2.75) is 33.0 Å². The Morgan fingerprint density at radius 1 is 1.00 bits per heavy atom. The van der Waals surface area contributed by atoms with E-state index >= 15 is 0 Å². The summed E-state index contributed by atoms with van der Waals surface area (Å²) in [7, 11) is 4.92. The van der Waals surface area contributed by atoms with Gasteiger partial charge in [-0.05, 0) is 25.1 Å². The molecule has 154 valence electrons. The van der Waals surface area contributed by atoms with Gasteiger partial charge in [0.1, 0.15) is 0 Å². The van der Waals surface area contributed by atoms with E-state index in [1.807, 2.05) is 49.4 Å². The number of hydrogen-bond acceptors (Lipinski definition) is 4. The number of para-hydroxylation sites is 3. The van der Waals surface area contributed by atoms with Crippen molar-refractivity contribution in [3.05, 3.63) is 58.5 Å². The highest BCUT2D eigenvalue weighted by Gasteiger charge is 2.17. The van der Waals surface area contributed by atoms with Crippen LogP contribution in [0.2, 0.25) is 0 Å². The van der Waals surface area contributed by atoms with Crippen molar-refractivity contribution < 1.29 is 14.3 Å². The summed E-state index contributed by atoms with van der Waals surface area (Å²) in [6.45, 7) is 3.27. The van der Waals surface area contributed by atoms with Crippen molar-refractivity contribution in [2.24, 2.45) is 0 Å². The summed E-state index contributed by atoms with van der Waals surface area (Å²) in [6, 6.07) is 13.3. The van der Waals surface area contributed by atoms with Crippen molar-refractivity contribution in [3.63, 3.8) is 0 Å². The van der Waals surface area contributed by atoms with E-state index in [0.717, 1.165) is 16.6 Å². The predicted molar refractivity (Wildman–Crippen MR) is 113 cm³/mol. The smallest absolute Gasteiger partial charge is 0.329 e. The first-order valence-corrected chi connectivity index (χ1v) is 9.63. The van der Waals surface area contributed by atoms with Crippen molar-refractivity contribution in [2.75, 3.05) is 21.3 Å². The molecule has 0 aliphatic rings. The molecule has 0 unspecified atom stereocenters. The molecule has 0 bridgehead atoms. The number of carbonyl (C=O) groups excluding carboxylic acids is 1. The maximum absolute atomic E-state index is 12.7. The Morgan fingerprint density at radius 3 is 2.31 bits per heavy atom. The number of amides is 1. The monoisotopic (exact) mass is 397 g/mol. The average molecular weight is 397 g/mol. The molecule has 2 aromatic carbocycles. The van der Waals surface area contributed by atoms with Gasteiger partial charge in [0.15, 0.2) is 11.5 Å². The second kappa shape index (κ2) is 8.86. The highest BCUT2D eigenvalue weighted by Crippen LogP contribution is 2.31. The van der Waals surface area contributed by atoms with E-state index < -0.39 is 0 Å². The van der Waals surface area contributed by atoms with Crippen LogP contribution in [0.1, 0.15) is 18.9 Å². The molecule has 0 saturated carbocycles. The van der Waals surface area contributed by atoms with Crippen LogP contribution >= 0.6 is 0 Å². The third-order valence-electron chi connectivity index (χ3n) is 5.11. The third-order valence-corrected chi connectivity index (χ3v) is 5.11. The van der Waals surface area contributed by atoms with Gasteiger partial charge in [-0.15, -0.1) is 0 Å². The lowest BCUT2D eigenvalue weighted by Gasteiger charge is -2.20. The van der Waals surface area contributed by atoms with Gasteiger partial charge in [0.05, 0.1) is 25.3 Å². The number of imidazole rings is 1. The molecular weight excluding hydrogens is 370 g/mol. The lowest BCUT2D eigenvalue weighted by molar-refractivity contribution is -0.130. The van der Waals surface area contributed by atoms with Crippen molar-refractivity contribution in [1.82, 2.24) is 14.0 Å². The van der Waals surface area contributed by atoms with Crippen molar-refractivity contribution in [3.8, 4) is 11.5 Å². The number of carbonyl (C=O) groups is 1. The Bertz CT molecular complexity index is 1070. The van der Waals surface area contributed by atoms with E-state index in [-0.39, 0.29) is 18.0 Å². The lowest BCUT2D eigenvalue weighted by Crippen LogP contribution is -2.30. The Balaban J connectivity index is 1.75. The number of fused-ring (bicyclic) bond motifs is 1. The zero-order valence-electron chi connectivity index (χ0n) is 17.3. The molecule has 0 radical (unpaired) electrons. The Labute approximate surface area is 170 Å². The van der Waals surface area contributed by atoms with Crippen molar-refractivity contribution in [1.29, 1.82) is 0 Å². The minimum absolute atomic E-state index is 0.0462. The summed E-state index contributed by atoms with van der Waals surface area (Å²) in [5.74, 6) is 1.21. The molecule has 29 heavy (non-hydrogen) atoms. The maximum Gasteiger partial charge on any atom is 0.329 e. The van der Waals surface area contributed by atoms with Gasteiger partial charge >= 0.3 is 5.69 Å². The summed E-state index contributed by atoms with van der Waals surface area (Å²) in [5, 5.41) is 0. The van der Waals surface area contributed by atoms with Crippen LogP contribution in [0.5, 0.6) is 11.5 Å². The van der Waals surface area contributed by atoms with Gasteiger partial charge in [-0.2, -0.15) is 0 Å². The van der Waals surface area contributed by atoms with Gasteiger partial charge in [-0.3, -0.25) is 13.9 Å². The zero-order valence-corrected chi connectivity index (χ0v) is 17.3. The number of methoxy groups -OCH3 is 2. The fraction of sp³-hybridized carbons (Fsp3) is 0.364. The summed E-state index contributed by atoms with van der Waals surface area (Å²) < 4.78 is 14.2. The molecule has 0 aliphatic heterocycles. The zero-order chi connectivity index (χ0) is 21.0. The number of benzene rings is 2. The number of rotatable bonds is 8. The average Bonchev–Trinajstić information content (AvgIpc) is 3.02. The fourth-order valence-corrected chi connectivity index (χ4v) is 3.61. The number of nitrogens with zero attached hydrogens (tertiary/aromatic N) is 3. The molecule has 0 saturated heterocycles. The van der Waals surface area contributed by atoms with E-state index in [9.17, 15) is 9.59 Å². The molecule has 1 heterocycles. The molecule has 3 rings (SSSR count). The molecule has 1 aromatic heterocycles. The lowest BCUT2D eigenvalue weighted by atomic mass is 10.1. The largest absolute Gasteiger partial charge is 0.493 e. The van der Waals surface area contributed by atoms with Crippen LogP contribution in [0.3, 0.4) is 0 Å². The predicted octanol–water partition coefficient (Wildman–Crippen LogP) is 2.89. The van der Waals surface area contributed by atoms with Gasteiger partial charge in [0, 0.05) is 38.7 Å². The minimum Gasteiger partial charge on any atom is -0.493 e. The van der Waals surface area contributed by atoms with Gasteiger partial charge in [0.2, 0.25) is 5.91 Å². The SMILES string of the molecule is CCn1c(=O)n(CCC(=O)N(C)Cc2cccc(OC)c2OC)c2ccccc21. The molecule has 0 atom stereocenters. The maximum atomic E-state index is 12.7. The number of aryl methyl sites for hydroxylation is 2. The first kappa shape index (κ1) is 20.5. The van der Waals surface area contributed by atoms with Crippen LogP contribution in [0, 0.1) is 0 Å². The molecule has 1 amide bonds. The second-order valence-corrected chi connectivity index (χ2v) is 6.82. The number of ether oxygens (including phenoxy) is 2. The molecule has 0 spiro atoms. The van der Waals surface area contributed by atoms with Crippen LogP contribution < -0.4 is 15.2 Å². The summed E-state index contributed by atoms with van der Waals surface area (Å²) in [6.07, 6.45) is 0.237. The quantitative estimate of drug-likeness (QED) is 0.586. The summed E-state index contributed by atoms with van der Waals surface area (Å²) in [5.41, 5.74) is 2.52.